The molecule has 2 nitrogen and oxygen atoms in total. The number of rotatable bonds is 3. The average Bonchev–Trinajstić information content (AvgIpc) is 2.35. The third-order valence-corrected chi connectivity index (χ3v) is 4.54. The van der Waals surface area contributed by atoms with Gasteiger partial charge in [-0.25, -0.2) is 0 Å². The zero-order chi connectivity index (χ0) is 12.3. The number of likely N-dealkylation sites (tertiary alicyclic amines) is 1. The Morgan fingerprint density at radius 1 is 1.35 bits per heavy atom. The summed E-state index contributed by atoms with van der Waals surface area (Å²) in [7, 11) is 0. The first-order valence-corrected chi connectivity index (χ1v) is 7.16. The number of hydrogen-bond donors (Lipinski definition) is 1. The molecular weight excluding hydrogens is 276 g/mol. The highest BCUT2D eigenvalue weighted by atomic mass is 79.9. The molecule has 17 heavy (non-hydrogen) atoms. The van der Waals surface area contributed by atoms with Crippen molar-refractivity contribution in [1.29, 1.82) is 0 Å². The van der Waals surface area contributed by atoms with Crippen LogP contribution in [0.15, 0.2) is 22.7 Å². The van der Waals surface area contributed by atoms with E-state index in [0.29, 0.717) is 0 Å². The minimum Gasteiger partial charge on any atom is -0.330 e. The predicted octanol–water partition coefficient (Wildman–Crippen LogP) is 2.93. The van der Waals surface area contributed by atoms with Crippen molar-refractivity contribution >= 4 is 15.9 Å². The number of piperidine rings is 1. The Kier molecular flexibility index (Phi) is 4.60. The summed E-state index contributed by atoms with van der Waals surface area (Å²) in [6.45, 7) is 6.42. The maximum absolute atomic E-state index is 5.71. The van der Waals surface area contributed by atoms with Crippen molar-refractivity contribution in [3.05, 3.63) is 33.8 Å². The number of halogens is 1. The molecule has 1 aromatic carbocycles. The molecule has 1 aromatic rings. The van der Waals surface area contributed by atoms with Gasteiger partial charge in [0.05, 0.1) is 0 Å². The molecule has 1 saturated heterocycles. The highest BCUT2D eigenvalue weighted by Crippen LogP contribution is 2.21. The van der Waals surface area contributed by atoms with Crippen molar-refractivity contribution in [2.45, 2.75) is 26.3 Å². The smallest absolute Gasteiger partial charge is 0.0234 e. The largest absolute Gasteiger partial charge is 0.330 e. The van der Waals surface area contributed by atoms with Crippen LogP contribution in [0, 0.1) is 12.8 Å². The van der Waals surface area contributed by atoms with E-state index < -0.39 is 0 Å². The van der Waals surface area contributed by atoms with Gasteiger partial charge in [-0.2, -0.15) is 0 Å². The standard InChI is InChI=1S/C14H21BrN2/c1-11-2-3-13(8-14(11)15)10-17-6-4-12(9-16)5-7-17/h2-3,8,12H,4-7,9-10,16H2,1H3. The van der Waals surface area contributed by atoms with Gasteiger partial charge in [0.25, 0.3) is 0 Å². The van der Waals surface area contributed by atoms with Crippen LogP contribution < -0.4 is 5.73 Å². The van der Waals surface area contributed by atoms with E-state index in [4.69, 9.17) is 5.73 Å². The van der Waals surface area contributed by atoms with Crippen molar-refractivity contribution in [1.82, 2.24) is 4.90 Å². The van der Waals surface area contributed by atoms with Gasteiger partial charge in [0.2, 0.25) is 0 Å². The maximum atomic E-state index is 5.71. The second kappa shape index (κ2) is 5.98. The first kappa shape index (κ1) is 13.1. The molecule has 2 N–H and O–H groups in total. The quantitative estimate of drug-likeness (QED) is 0.929. The Morgan fingerprint density at radius 3 is 2.65 bits per heavy atom. The van der Waals surface area contributed by atoms with E-state index >= 15 is 0 Å². The summed E-state index contributed by atoms with van der Waals surface area (Å²) >= 11 is 3.60. The molecule has 0 atom stereocenters. The molecule has 1 aliphatic heterocycles. The Labute approximate surface area is 112 Å². The minimum atomic E-state index is 0.746. The predicted molar refractivity (Wildman–Crippen MR) is 75.9 cm³/mol. The summed E-state index contributed by atoms with van der Waals surface area (Å²) in [5.74, 6) is 0.746. The number of nitrogens with zero attached hydrogens (tertiary/aromatic N) is 1. The van der Waals surface area contributed by atoms with Crippen LogP contribution in [0.2, 0.25) is 0 Å². The van der Waals surface area contributed by atoms with E-state index in [9.17, 15) is 0 Å². The molecule has 0 spiro atoms. The molecule has 1 fully saturated rings. The van der Waals surface area contributed by atoms with E-state index in [2.05, 4.69) is 46.0 Å². The summed E-state index contributed by atoms with van der Waals surface area (Å²) in [5.41, 5.74) is 8.41. The molecule has 0 radical (unpaired) electrons. The van der Waals surface area contributed by atoms with Crippen molar-refractivity contribution in [2.24, 2.45) is 11.7 Å². The van der Waals surface area contributed by atoms with Crippen LogP contribution in [0.4, 0.5) is 0 Å². The summed E-state index contributed by atoms with van der Waals surface area (Å²) < 4.78 is 1.21. The lowest BCUT2D eigenvalue weighted by atomic mass is 9.97. The van der Waals surface area contributed by atoms with E-state index in [0.717, 1.165) is 19.0 Å². The van der Waals surface area contributed by atoms with Crippen LogP contribution in [0.25, 0.3) is 0 Å². The van der Waals surface area contributed by atoms with Crippen LogP contribution >= 0.6 is 15.9 Å². The molecule has 0 saturated carbocycles. The lowest BCUT2D eigenvalue weighted by molar-refractivity contribution is 0.180. The zero-order valence-corrected chi connectivity index (χ0v) is 12.0. The second-order valence-corrected chi connectivity index (χ2v) is 5.89. The summed E-state index contributed by atoms with van der Waals surface area (Å²) in [5, 5.41) is 0. The van der Waals surface area contributed by atoms with Crippen molar-refractivity contribution in [2.75, 3.05) is 19.6 Å². The monoisotopic (exact) mass is 296 g/mol. The molecule has 0 bridgehead atoms. The molecule has 0 unspecified atom stereocenters. The van der Waals surface area contributed by atoms with Gasteiger partial charge in [0.1, 0.15) is 0 Å². The molecule has 0 aliphatic carbocycles. The van der Waals surface area contributed by atoms with Crippen LogP contribution in [0.1, 0.15) is 24.0 Å². The number of benzene rings is 1. The van der Waals surface area contributed by atoms with Crippen LogP contribution in [-0.2, 0) is 6.54 Å². The average molecular weight is 297 g/mol. The fourth-order valence-electron chi connectivity index (χ4n) is 2.37. The third-order valence-electron chi connectivity index (χ3n) is 3.68. The molecule has 1 heterocycles. The van der Waals surface area contributed by atoms with E-state index in [1.165, 1.54) is 41.5 Å². The lowest BCUT2D eigenvalue weighted by Gasteiger charge is -2.31. The van der Waals surface area contributed by atoms with Gasteiger partial charge in [-0.05, 0) is 62.5 Å². The number of aryl methyl sites for hydroxylation is 1. The Hall–Kier alpha value is -0.380. The van der Waals surface area contributed by atoms with Crippen molar-refractivity contribution in [3.63, 3.8) is 0 Å². The highest BCUT2D eigenvalue weighted by molar-refractivity contribution is 9.10. The highest BCUT2D eigenvalue weighted by Gasteiger charge is 2.17. The van der Waals surface area contributed by atoms with Gasteiger partial charge in [-0.3, -0.25) is 4.90 Å². The molecule has 94 valence electrons. The van der Waals surface area contributed by atoms with E-state index in [-0.39, 0.29) is 0 Å². The lowest BCUT2D eigenvalue weighted by Crippen LogP contribution is -2.35. The second-order valence-electron chi connectivity index (χ2n) is 5.04. The third kappa shape index (κ3) is 3.54. The first-order chi connectivity index (χ1) is 8.19. The normalized spacial score (nSPS) is 18.5. The molecule has 3 heteroatoms. The van der Waals surface area contributed by atoms with Gasteiger partial charge in [0.15, 0.2) is 0 Å². The van der Waals surface area contributed by atoms with Crippen LogP contribution in [0.5, 0.6) is 0 Å². The fraction of sp³-hybridized carbons (Fsp3) is 0.571. The fourth-order valence-corrected chi connectivity index (χ4v) is 2.80. The van der Waals surface area contributed by atoms with Crippen molar-refractivity contribution < 1.29 is 0 Å². The SMILES string of the molecule is Cc1ccc(CN2CCC(CN)CC2)cc1Br. The topological polar surface area (TPSA) is 29.3 Å². The number of nitrogens with two attached hydrogens (primary N) is 1. The molecule has 1 aliphatic rings. The van der Waals surface area contributed by atoms with Gasteiger partial charge < -0.3 is 5.73 Å². The van der Waals surface area contributed by atoms with Gasteiger partial charge in [-0.1, -0.05) is 28.1 Å². The van der Waals surface area contributed by atoms with Gasteiger partial charge in [-0.15, -0.1) is 0 Å². The molecule has 0 aromatic heterocycles. The number of hydrogen-bond acceptors (Lipinski definition) is 2. The zero-order valence-electron chi connectivity index (χ0n) is 10.5. The van der Waals surface area contributed by atoms with Crippen LogP contribution in [0.3, 0.4) is 0 Å². The summed E-state index contributed by atoms with van der Waals surface area (Å²) in [6.07, 6.45) is 2.51. The van der Waals surface area contributed by atoms with Crippen molar-refractivity contribution in [3.8, 4) is 0 Å². The van der Waals surface area contributed by atoms with E-state index in [1.54, 1.807) is 0 Å². The molecule has 0 amide bonds. The van der Waals surface area contributed by atoms with Gasteiger partial charge in [0, 0.05) is 11.0 Å². The molecular formula is C14H21BrN2. The summed E-state index contributed by atoms with van der Waals surface area (Å²) in [6, 6.07) is 6.66. The first-order valence-electron chi connectivity index (χ1n) is 6.36. The Morgan fingerprint density at radius 2 is 2.06 bits per heavy atom. The molecule has 2 rings (SSSR count). The van der Waals surface area contributed by atoms with E-state index in [1.807, 2.05) is 0 Å². The van der Waals surface area contributed by atoms with Crippen LogP contribution in [-0.4, -0.2) is 24.5 Å². The summed E-state index contributed by atoms with van der Waals surface area (Å²) in [4.78, 5) is 2.53. The Balaban J connectivity index is 1.91. The Bertz CT molecular complexity index is 370. The van der Waals surface area contributed by atoms with Gasteiger partial charge >= 0.3 is 0 Å². The minimum absolute atomic E-state index is 0.746. The maximum Gasteiger partial charge on any atom is 0.0234 e.